The van der Waals surface area contributed by atoms with Gasteiger partial charge in [-0.1, -0.05) is 0 Å². The van der Waals surface area contributed by atoms with Gasteiger partial charge >= 0.3 is 0 Å². The summed E-state index contributed by atoms with van der Waals surface area (Å²) in [5.74, 6) is -0.183. The Morgan fingerprint density at radius 2 is 1.47 bits per heavy atom. The number of phenols is 1. The van der Waals surface area contributed by atoms with Gasteiger partial charge < -0.3 is 25.2 Å². The van der Waals surface area contributed by atoms with Crippen molar-refractivity contribution in [3.05, 3.63) is 78.7 Å². The first-order valence-electron chi connectivity index (χ1n) is 11.0. The van der Waals surface area contributed by atoms with E-state index in [0.717, 1.165) is 0 Å². The lowest BCUT2D eigenvalue weighted by Crippen LogP contribution is -2.41. The van der Waals surface area contributed by atoms with Crippen molar-refractivity contribution in [2.75, 3.05) is 17.7 Å². The monoisotopic (exact) mass is 489 g/mol. The molecule has 9 heteroatoms. The van der Waals surface area contributed by atoms with Gasteiger partial charge in [0, 0.05) is 29.0 Å². The fourth-order valence-corrected chi connectivity index (χ4v) is 3.33. The molecule has 1 heterocycles. The fraction of sp³-hybridized carbons (Fsp3) is 0.148. The van der Waals surface area contributed by atoms with Gasteiger partial charge in [-0.3, -0.25) is 14.6 Å². The number of anilines is 2. The average Bonchev–Trinajstić information content (AvgIpc) is 2.86. The molecule has 36 heavy (non-hydrogen) atoms. The highest BCUT2D eigenvalue weighted by Crippen LogP contribution is 2.36. The number of carbonyl (C=O) groups excluding carboxylic acids is 2. The summed E-state index contributed by atoms with van der Waals surface area (Å²) in [6.07, 6.45) is 1.57. The van der Waals surface area contributed by atoms with E-state index in [2.05, 4.69) is 15.6 Å². The Hall–Kier alpha value is -4.66. The minimum Gasteiger partial charge on any atom is -0.504 e. The first-order valence-corrected chi connectivity index (χ1v) is 11.0. The lowest BCUT2D eigenvalue weighted by Gasteiger charge is -2.23. The van der Waals surface area contributed by atoms with Crippen molar-refractivity contribution < 1.29 is 28.6 Å². The van der Waals surface area contributed by atoms with Gasteiger partial charge in [-0.15, -0.1) is 0 Å². The van der Waals surface area contributed by atoms with Crippen LogP contribution in [0.25, 0.3) is 10.9 Å². The summed E-state index contributed by atoms with van der Waals surface area (Å²) in [4.78, 5) is 29.7. The molecule has 0 saturated heterocycles. The van der Waals surface area contributed by atoms with E-state index < -0.39 is 23.0 Å². The summed E-state index contributed by atoms with van der Waals surface area (Å²) in [5.41, 5.74) is 0.00156. The minimum atomic E-state index is -1.40. The van der Waals surface area contributed by atoms with Crippen LogP contribution in [0.2, 0.25) is 0 Å². The molecule has 184 valence electrons. The first-order chi connectivity index (χ1) is 17.2. The van der Waals surface area contributed by atoms with Crippen LogP contribution in [0.4, 0.5) is 15.8 Å². The standard InChI is InChI=1S/C27H24FN3O5/c1-27(2,25(33)30-17-6-4-16(28)5-7-17)26(34)31-18-8-10-19(11-9-18)36-23-12-13-29-21-15-22(32)24(35-3)14-20(21)23/h4-15,32H,1-3H3,(H,30,33)(H,31,34). The number of rotatable bonds is 7. The molecule has 2 amide bonds. The SMILES string of the molecule is COc1cc2c(Oc3ccc(NC(=O)C(C)(C)C(=O)Nc4ccc(F)cc4)cc3)ccnc2cc1O. The number of halogens is 1. The summed E-state index contributed by atoms with van der Waals surface area (Å²) in [6, 6.07) is 16.8. The number of amides is 2. The maximum absolute atomic E-state index is 13.1. The van der Waals surface area contributed by atoms with Crippen LogP contribution in [0.3, 0.4) is 0 Å². The third kappa shape index (κ3) is 5.20. The van der Waals surface area contributed by atoms with Gasteiger partial charge in [0.25, 0.3) is 0 Å². The number of fused-ring (bicyclic) bond motifs is 1. The van der Waals surface area contributed by atoms with Gasteiger partial charge in [0.15, 0.2) is 11.5 Å². The predicted octanol–water partition coefficient (Wildman–Crippen LogP) is 5.48. The van der Waals surface area contributed by atoms with Crippen molar-refractivity contribution in [1.29, 1.82) is 0 Å². The number of nitrogens with zero attached hydrogens (tertiary/aromatic N) is 1. The molecule has 0 unspecified atom stereocenters. The number of phenolic OH excluding ortho intramolecular Hbond substituents is 1. The Labute approximate surface area is 206 Å². The van der Waals surface area contributed by atoms with Crippen LogP contribution >= 0.6 is 0 Å². The number of methoxy groups -OCH3 is 1. The largest absolute Gasteiger partial charge is 0.504 e. The fourth-order valence-electron chi connectivity index (χ4n) is 3.33. The van der Waals surface area contributed by atoms with Gasteiger partial charge in [-0.25, -0.2) is 4.39 Å². The van der Waals surface area contributed by atoms with Crippen LogP contribution in [0.1, 0.15) is 13.8 Å². The number of aromatic hydroxyl groups is 1. The minimum absolute atomic E-state index is 0.0241. The highest BCUT2D eigenvalue weighted by atomic mass is 19.1. The molecule has 3 aromatic carbocycles. The van der Waals surface area contributed by atoms with Crippen molar-refractivity contribution in [2.45, 2.75) is 13.8 Å². The van der Waals surface area contributed by atoms with E-state index in [1.54, 1.807) is 42.6 Å². The Kier molecular flexibility index (Phi) is 6.73. The summed E-state index contributed by atoms with van der Waals surface area (Å²) in [5, 5.41) is 16.0. The van der Waals surface area contributed by atoms with Gasteiger partial charge in [-0.05, 0) is 74.5 Å². The van der Waals surface area contributed by atoms with Gasteiger partial charge in [-0.2, -0.15) is 0 Å². The molecule has 1 aromatic heterocycles. The predicted molar refractivity (Wildman–Crippen MR) is 134 cm³/mol. The molecule has 0 aliphatic heterocycles. The van der Waals surface area contributed by atoms with E-state index in [4.69, 9.17) is 9.47 Å². The molecule has 8 nitrogen and oxygen atoms in total. The zero-order chi connectivity index (χ0) is 25.9. The van der Waals surface area contributed by atoms with Crippen LogP contribution in [0, 0.1) is 11.2 Å². The van der Waals surface area contributed by atoms with Gasteiger partial charge in [0.05, 0.1) is 12.6 Å². The van der Waals surface area contributed by atoms with Crippen LogP contribution in [0.5, 0.6) is 23.0 Å². The van der Waals surface area contributed by atoms with Crippen molar-refractivity contribution >= 4 is 34.1 Å². The summed E-state index contributed by atoms with van der Waals surface area (Å²) in [7, 11) is 1.46. The number of ether oxygens (including phenoxy) is 2. The van der Waals surface area contributed by atoms with E-state index in [1.807, 2.05) is 0 Å². The maximum Gasteiger partial charge on any atom is 0.239 e. The molecular formula is C27H24FN3O5. The van der Waals surface area contributed by atoms with E-state index in [-0.39, 0.29) is 5.75 Å². The molecule has 0 aliphatic carbocycles. The highest BCUT2D eigenvalue weighted by Gasteiger charge is 2.36. The third-order valence-electron chi connectivity index (χ3n) is 5.58. The van der Waals surface area contributed by atoms with Crippen molar-refractivity contribution in [3.63, 3.8) is 0 Å². The molecule has 0 spiro atoms. The third-order valence-corrected chi connectivity index (χ3v) is 5.58. The van der Waals surface area contributed by atoms with E-state index in [9.17, 15) is 19.1 Å². The van der Waals surface area contributed by atoms with E-state index >= 15 is 0 Å². The number of nitrogens with one attached hydrogen (secondary N) is 2. The van der Waals surface area contributed by atoms with Crippen molar-refractivity contribution in [1.82, 2.24) is 4.98 Å². The molecule has 0 fully saturated rings. The second-order valence-corrected chi connectivity index (χ2v) is 8.52. The Morgan fingerprint density at radius 3 is 2.06 bits per heavy atom. The summed E-state index contributed by atoms with van der Waals surface area (Å²) >= 11 is 0. The molecule has 4 rings (SSSR count). The van der Waals surface area contributed by atoms with Crippen LogP contribution < -0.4 is 20.1 Å². The Morgan fingerprint density at radius 1 is 0.889 bits per heavy atom. The van der Waals surface area contributed by atoms with Gasteiger partial charge in [0.1, 0.15) is 22.7 Å². The van der Waals surface area contributed by atoms with Crippen LogP contribution in [0.15, 0.2) is 72.9 Å². The molecule has 0 bridgehead atoms. The van der Waals surface area contributed by atoms with Crippen LogP contribution in [-0.2, 0) is 9.59 Å². The number of carbonyl (C=O) groups is 2. The Bertz CT molecular complexity index is 1420. The molecule has 4 aromatic rings. The lowest BCUT2D eigenvalue weighted by molar-refractivity contribution is -0.135. The molecule has 3 N–H and O–H groups in total. The van der Waals surface area contributed by atoms with E-state index in [0.29, 0.717) is 39.5 Å². The number of pyridine rings is 1. The van der Waals surface area contributed by atoms with Crippen molar-refractivity contribution in [3.8, 4) is 23.0 Å². The maximum atomic E-state index is 13.1. The van der Waals surface area contributed by atoms with E-state index in [1.165, 1.54) is 51.3 Å². The number of benzene rings is 3. The molecule has 0 atom stereocenters. The molecule has 0 saturated carbocycles. The normalized spacial score (nSPS) is 11.1. The second-order valence-electron chi connectivity index (χ2n) is 8.52. The topological polar surface area (TPSA) is 110 Å². The summed E-state index contributed by atoms with van der Waals surface area (Å²) < 4.78 is 24.3. The first kappa shape index (κ1) is 24.5. The molecular weight excluding hydrogens is 465 g/mol. The number of hydrogen-bond acceptors (Lipinski definition) is 6. The molecule has 0 aliphatic rings. The number of hydrogen-bond donors (Lipinski definition) is 3. The second kappa shape index (κ2) is 9.91. The van der Waals surface area contributed by atoms with Crippen molar-refractivity contribution in [2.24, 2.45) is 5.41 Å². The smallest absolute Gasteiger partial charge is 0.239 e. The zero-order valence-electron chi connectivity index (χ0n) is 19.8. The quantitative estimate of drug-likeness (QED) is 0.297. The highest BCUT2D eigenvalue weighted by molar-refractivity contribution is 6.14. The molecule has 0 radical (unpaired) electrons. The van der Waals surface area contributed by atoms with Crippen LogP contribution in [-0.4, -0.2) is 29.0 Å². The average molecular weight is 490 g/mol. The summed E-state index contributed by atoms with van der Waals surface area (Å²) in [6.45, 7) is 3.00. The zero-order valence-corrected chi connectivity index (χ0v) is 19.8. The van der Waals surface area contributed by atoms with Gasteiger partial charge in [0.2, 0.25) is 11.8 Å². The number of aromatic nitrogens is 1. The lowest BCUT2D eigenvalue weighted by atomic mass is 9.90. The Balaban J connectivity index is 1.45.